The molecule has 3 N–H and O–H groups in total. The molecule has 0 fully saturated rings. The van der Waals surface area contributed by atoms with Crippen LogP contribution in [0, 0.1) is 17.6 Å². The summed E-state index contributed by atoms with van der Waals surface area (Å²) in [5.74, 6) is -4.99. The number of sulfone groups is 1. The summed E-state index contributed by atoms with van der Waals surface area (Å²) in [4.78, 5) is 39.1. The Morgan fingerprint density at radius 2 is 1.71 bits per heavy atom. The standard InChI is InChI=1S/C26H19F2N3O6S/c27-15-3-1-14(2-4-15)11-31-21-8-5-16(28)9-18(21)25(33)24(26(31)34)20-13-38(35,36)22-10-17(37-12-23(29)32)6-7-19(22)30-20/h1-10,13,24,30H,11-12H2,(H2,29,32). The lowest BCUT2D eigenvalue weighted by Gasteiger charge is -2.35. The van der Waals surface area contributed by atoms with Crippen LogP contribution in [0.3, 0.4) is 0 Å². The van der Waals surface area contributed by atoms with Crippen LogP contribution in [0.2, 0.25) is 0 Å². The molecular weight excluding hydrogens is 520 g/mol. The Balaban J connectivity index is 1.54. The average Bonchev–Trinajstić information content (AvgIpc) is 2.86. The van der Waals surface area contributed by atoms with Crippen molar-refractivity contribution in [3.63, 3.8) is 0 Å². The number of rotatable bonds is 6. The molecule has 0 saturated heterocycles. The number of amides is 2. The molecule has 0 aromatic heterocycles. The van der Waals surface area contributed by atoms with Gasteiger partial charge in [0.05, 0.1) is 28.2 Å². The third-order valence-electron chi connectivity index (χ3n) is 6.06. The first kappa shape index (κ1) is 25.1. The van der Waals surface area contributed by atoms with Crippen molar-refractivity contribution in [1.29, 1.82) is 0 Å². The molecule has 0 aliphatic carbocycles. The number of primary amides is 1. The van der Waals surface area contributed by atoms with Crippen molar-refractivity contribution >= 4 is 38.8 Å². The highest BCUT2D eigenvalue weighted by Gasteiger charge is 2.44. The number of anilines is 2. The molecule has 38 heavy (non-hydrogen) atoms. The summed E-state index contributed by atoms with van der Waals surface area (Å²) in [6, 6.07) is 12.7. The summed E-state index contributed by atoms with van der Waals surface area (Å²) in [6.45, 7) is -0.531. The summed E-state index contributed by atoms with van der Waals surface area (Å²) in [5.41, 5.74) is 5.51. The van der Waals surface area contributed by atoms with Crippen LogP contribution < -0.4 is 20.7 Å². The Morgan fingerprint density at radius 1 is 1.00 bits per heavy atom. The van der Waals surface area contributed by atoms with Gasteiger partial charge in [0.15, 0.2) is 12.4 Å². The van der Waals surface area contributed by atoms with E-state index in [9.17, 15) is 31.6 Å². The third-order valence-corrected chi connectivity index (χ3v) is 7.57. The van der Waals surface area contributed by atoms with Gasteiger partial charge < -0.3 is 20.7 Å². The molecule has 2 amide bonds. The molecule has 12 heteroatoms. The summed E-state index contributed by atoms with van der Waals surface area (Å²) < 4.78 is 59.0. The largest absolute Gasteiger partial charge is 0.484 e. The lowest BCUT2D eigenvalue weighted by atomic mass is 9.87. The van der Waals surface area contributed by atoms with Crippen LogP contribution in [0.1, 0.15) is 15.9 Å². The maximum absolute atomic E-state index is 14.1. The van der Waals surface area contributed by atoms with Gasteiger partial charge in [-0.15, -0.1) is 0 Å². The number of ether oxygens (including phenoxy) is 1. The maximum atomic E-state index is 14.1. The van der Waals surface area contributed by atoms with Gasteiger partial charge in [0.2, 0.25) is 15.7 Å². The number of nitrogens with two attached hydrogens (primary N) is 1. The van der Waals surface area contributed by atoms with Crippen LogP contribution in [-0.4, -0.2) is 32.6 Å². The molecule has 9 nitrogen and oxygen atoms in total. The molecule has 3 aromatic carbocycles. The first-order chi connectivity index (χ1) is 18.0. The number of Topliss-reactive ketones (excluding diaryl/α,β-unsaturated/α-hetero) is 1. The van der Waals surface area contributed by atoms with Gasteiger partial charge in [0.1, 0.15) is 23.3 Å². The van der Waals surface area contributed by atoms with E-state index in [1.54, 1.807) is 0 Å². The van der Waals surface area contributed by atoms with Crippen molar-refractivity contribution in [2.24, 2.45) is 11.7 Å². The maximum Gasteiger partial charge on any atom is 0.255 e. The van der Waals surface area contributed by atoms with Crippen LogP contribution >= 0.6 is 0 Å². The number of halogens is 2. The number of hydrogen-bond donors (Lipinski definition) is 2. The van der Waals surface area contributed by atoms with Crippen molar-refractivity contribution in [1.82, 2.24) is 0 Å². The lowest BCUT2D eigenvalue weighted by Crippen LogP contribution is -2.46. The minimum absolute atomic E-state index is 0.0707. The molecule has 2 aliphatic rings. The van der Waals surface area contributed by atoms with Crippen LogP contribution in [-0.2, 0) is 26.0 Å². The summed E-state index contributed by atoms with van der Waals surface area (Å²) in [7, 11) is -4.17. The van der Waals surface area contributed by atoms with Crippen molar-refractivity contribution in [2.45, 2.75) is 11.4 Å². The smallest absolute Gasteiger partial charge is 0.255 e. The second-order valence-electron chi connectivity index (χ2n) is 8.67. The molecule has 1 unspecified atom stereocenters. The van der Waals surface area contributed by atoms with E-state index >= 15 is 0 Å². The lowest BCUT2D eigenvalue weighted by molar-refractivity contribution is -0.121. The summed E-state index contributed by atoms with van der Waals surface area (Å²) in [5, 5.41) is 3.61. The predicted molar refractivity (Wildman–Crippen MR) is 132 cm³/mol. The van der Waals surface area contributed by atoms with Gasteiger partial charge in [-0.3, -0.25) is 14.4 Å². The fourth-order valence-electron chi connectivity index (χ4n) is 4.33. The van der Waals surface area contributed by atoms with E-state index in [1.165, 1.54) is 53.4 Å². The molecule has 0 bridgehead atoms. The van der Waals surface area contributed by atoms with Gasteiger partial charge in [-0.25, -0.2) is 17.2 Å². The summed E-state index contributed by atoms with van der Waals surface area (Å²) in [6.07, 6.45) is 0. The van der Waals surface area contributed by atoms with Crippen LogP contribution in [0.15, 0.2) is 76.7 Å². The Morgan fingerprint density at radius 3 is 2.42 bits per heavy atom. The van der Waals surface area contributed by atoms with Gasteiger partial charge in [-0.05, 0) is 48.0 Å². The number of carbonyl (C=O) groups is 3. The third kappa shape index (κ3) is 4.61. The first-order valence-electron chi connectivity index (χ1n) is 11.2. The second-order valence-corrected chi connectivity index (χ2v) is 10.4. The molecule has 0 radical (unpaired) electrons. The van der Waals surface area contributed by atoms with Crippen LogP contribution in [0.5, 0.6) is 5.75 Å². The SMILES string of the molecule is NC(=O)COc1ccc2c(c1)S(=O)(=O)C=C(C1C(=O)c3cc(F)ccc3N(Cc3ccc(F)cc3)C1=O)N2. The van der Waals surface area contributed by atoms with Gasteiger partial charge in [-0.1, -0.05) is 12.1 Å². The molecule has 0 spiro atoms. The number of benzene rings is 3. The van der Waals surface area contributed by atoms with Crippen LogP contribution in [0.4, 0.5) is 20.2 Å². The highest BCUT2D eigenvalue weighted by Crippen LogP contribution is 2.40. The topological polar surface area (TPSA) is 136 Å². The quantitative estimate of drug-likeness (QED) is 0.460. The molecule has 2 heterocycles. The monoisotopic (exact) mass is 539 g/mol. The Labute approximate surface area is 215 Å². The Hall–Kier alpha value is -4.58. The molecule has 0 saturated carbocycles. The van der Waals surface area contributed by atoms with Crippen molar-refractivity contribution in [3.8, 4) is 5.75 Å². The number of hydrogen-bond acceptors (Lipinski definition) is 7. The number of fused-ring (bicyclic) bond motifs is 2. The number of carbonyl (C=O) groups excluding carboxylic acids is 3. The van der Waals surface area contributed by atoms with Crippen molar-refractivity contribution < 1.29 is 36.3 Å². The number of nitrogens with zero attached hydrogens (tertiary/aromatic N) is 1. The zero-order chi connectivity index (χ0) is 27.2. The fraction of sp³-hybridized carbons (Fsp3) is 0.115. The molecule has 194 valence electrons. The first-order valence-corrected chi connectivity index (χ1v) is 12.8. The fourth-order valence-corrected chi connectivity index (χ4v) is 5.70. The molecule has 5 rings (SSSR count). The van der Waals surface area contributed by atoms with E-state index in [4.69, 9.17) is 10.5 Å². The molecule has 2 aliphatic heterocycles. The van der Waals surface area contributed by atoms with Gasteiger partial charge in [0.25, 0.3) is 5.91 Å². The molecular formula is C26H19F2N3O6S. The predicted octanol–water partition coefficient (Wildman–Crippen LogP) is 2.92. The van der Waals surface area contributed by atoms with Crippen LogP contribution in [0.25, 0.3) is 0 Å². The normalized spacial score (nSPS) is 17.7. The Bertz CT molecular complexity index is 1640. The van der Waals surface area contributed by atoms with E-state index in [2.05, 4.69) is 5.32 Å². The van der Waals surface area contributed by atoms with Gasteiger partial charge in [0, 0.05) is 17.3 Å². The number of ketones is 1. The minimum Gasteiger partial charge on any atom is -0.484 e. The van der Waals surface area contributed by atoms with Crippen molar-refractivity contribution in [3.05, 3.63) is 94.5 Å². The Kier molecular flexibility index (Phi) is 6.19. The van der Waals surface area contributed by atoms with Gasteiger partial charge >= 0.3 is 0 Å². The minimum atomic E-state index is -4.17. The van der Waals surface area contributed by atoms with Gasteiger partial charge in [-0.2, -0.15) is 0 Å². The van der Waals surface area contributed by atoms with E-state index in [-0.39, 0.29) is 39.8 Å². The highest BCUT2D eigenvalue weighted by molar-refractivity contribution is 7.94. The highest BCUT2D eigenvalue weighted by atomic mass is 32.2. The van der Waals surface area contributed by atoms with Crippen molar-refractivity contribution in [2.75, 3.05) is 16.8 Å². The summed E-state index contributed by atoms with van der Waals surface area (Å²) >= 11 is 0. The van der Waals surface area contributed by atoms with E-state index in [0.29, 0.717) is 5.56 Å². The molecule has 3 aromatic rings. The zero-order valence-electron chi connectivity index (χ0n) is 19.5. The number of nitrogens with one attached hydrogen (secondary N) is 1. The molecule has 1 atom stereocenters. The average molecular weight is 540 g/mol. The van der Waals surface area contributed by atoms with E-state index < -0.39 is 51.6 Å². The second kappa shape index (κ2) is 9.38. The zero-order valence-corrected chi connectivity index (χ0v) is 20.3. The van der Waals surface area contributed by atoms with E-state index in [0.717, 1.165) is 17.5 Å². The van der Waals surface area contributed by atoms with E-state index in [1.807, 2.05) is 0 Å².